The predicted molar refractivity (Wildman–Crippen MR) is 138 cm³/mol. The largest absolute Gasteiger partial charge is 0.444 e. The number of rotatable bonds is 8. The van der Waals surface area contributed by atoms with E-state index in [9.17, 15) is 9.59 Å². The lowest BCUT2D eigenvalue weighted by atomic mass is 9.93. The van der Waals surface area contributed by atoms with Crippen LogP contribution < -0.4 is 10.2 Å². The molecule has 1 aliphatic rings. The predicted octanol–water partition coefficient (Wildman–Crippen LogP) is 4.64. The zero-order valence-corrected chi connectivity index (χ0v) is 21.7. The zero-order valence-electron chi connectivity index (χ0n) is 21.7. The molecule has 8 heteroatoms. The number of hydrogen-bond donors (Lipinski definition) is 1. The van der Waals surface area contributed by atoms with Crippen molar-refractivity contribution >= 4 is 17.9 Å². The van der Waals surface area contributed by atoms with Crippen LogP contribution in [0.15, 0.2) is 36.7 Å². The summed E-state index contributed by atoms with van der Waals surface area (Å²) in [6, 6.07) is 8.00. The van der Waals surface area contributed by atoms with Crippen LogP contribution in [0.3, 0.4) is 0 Å². The van der Waals surface area contributed by atoms with Crippen LogP contribution in [0.25, 0.3) is 11.1 Å². The molecule has 1 saturated heterocycles. The molecular weight excluding hydrogens is 442 g/mol. The number of ether oxygens (including phenoxy) is 1. The fourth-order valence-corrected chi connectivity index (χ4v) is 4.27. The number of nitrogens with one attached hydrogen (secondary N) is 1. The van der Waals surface area contributed by atoms with Crippen molar-refractivity contribution in [3.63, 3.8) is 0 Å². The Balaban J connectivity index is 1.55. The molecule has 35 heavy (non-hydrogen) atoms. The molecular formula is C27H39N5O3. The third-order valence-electron chi connectivity index (χ3n) is 6.12. The maximum Gasteiger partial charge on any atom is 0.408 e. The highest BCUT2D eigenvalue weighted by Crippen LogP contribution is 2.25. The number of aromatic nitrogens is 2. The van der Waals surface area contributed by atoms with Gasteiger partial charge < -0.3 is 19.9 Å². The lowest BCUT2D eigenvalue weighted by Gasteiger charge is -2.31. The molecule has 2 aromatic rings. The van der Waals surface area contributed by atoms with E-state index >= 15 is 0 Å². The third kappa shape index (κ3) is 8.23. The van der Waals surface area contributed by atoms with E-state index in [1.165, 1.54) is 25.7 Å². The molecule has 0 unspecified atom stereocenters. The van der Waals surface area contributed by atoms with Crippen molar-refractivity contribution < 1.29 is 14.3 Å². The second-order valence-electron chi connectivity index (χ2n) is 10.3. The van der Waals surface area contributed by atoms with E-state index in [1.54, 1.807) is 32.7 Å². The number of hydrogen-bond acceptors (Lipinski definition) is 6. The first kappa shape index (κ1) is 26.4. The average molecular weight is 482 g/mol. The van der Waals surface area contributed by atoms with Crippen molar-refractivity contribution in [2.45, 2.75) is 65.5 Å². The molecule has 8 nitrogen and oxygen atoms in total. The number of carbonyl (C=O) groups is 2. The van der Waals surface area contributed by atoms with Crippen molar-refractivity contribution in [1.82, 2.24) is 20.2 Å². The summed E-state index contributed by atoms with van der Waals surface area (Å²) in [6.07, 6.45) is 8.13. The Bertz CT molecular complexity index is 979. The Morgan fingerprint density at radius 2 is 1.83 bits per heavy atom. The van der Waals surface area contributed by atoms with E-state index < -0.39 is 11.7 Å². The highest BCUT2D eigenvalue weighted by molar-refractivity contribution is 5.82. The summed E-state index contributed by atoms with van der Waals surface area (Å²) in [4.78, 5) is 37.4. The van der Waals surface area contributed by atoms with Crippen LogP contribution in [-0.2, 0) is 16.1 Å². The van der Waals surface area contributed by atoms with Crippen LogP contribution >= 0.6 is 0 Å². The maximum absolute atomic E-state index is 12.4. The highest BCUT2D eigenvalue weighted by Gasteiger charge is 2.20. The minimum atomic E-state index is -0.604. The number of likely N-dealkylation sites (N-methyl/N-ethyl adjacent to an activating group) is 1. The molecule has 1 fully saturated rings. The van der Waals surface area contributed by atoms with Crippen LogP contribution in [0.5, 0.6) is 0 Å². The first-order chi connectivity index (χ1) is 16.6. The zero-order chi connectivity index (χ0) is 25.4. The lowest BCUT2D eigenvalue weighted by molar-refractivity contribution is -0.129. The van der Waals surface area contributed by atoms with Gasteiger partial charge >= 0.3 is 6.09 Å². The molecule has 190 valence electrons. The summed E-state index contributed by atoms with van der Waals surface area (Å²) >= 11 is 0. The molecule has 1 aliphatic heterocycles. The quantitative estimate of drug-likeness (QED) is 0.591. The molecule has 0 aliphatic carbocycles. The summed E-state index contributed by atoms with van der Waals surface area (Å²) in [6.45, 7) is 9.94. The van der Waals surface area contributed by atoms with Gasteiger partial charge in [0.1, 0.15) is 12.1 Å². The van der Waals surface area contributed by atoms with Gasteiger partial charge in [-0.25, -0.2) is 14.8 Å². The van der Waals surface area contributed by atoms with Crippen LogP contribution in [0.1, 0.15) is 58.9 Å². The molecule has 0 spiro atoms. The van der Waals surface area contributed by atoms with Gasteiger partial charge in [0.15, 0.2) is 0 Å². The Morgan fingerprint density at radius 3 is 2.46 bits per heavy atom. The molecule has 0 radical (unpaired) electrons. The van der Waals surface area contributed by atoms with E-state index in [2.05, 4.69) is 27.1 Å². The topological polar surface area (TPSA) is 87.7 Å². The fourth-order valence-electron chi connectivity index (χ4n) is 4.27. The van der Waals surface area contributed by atoms with Gasteiger partial charge in [0.2, 0.25) is 11.9 Å². The summed E-state index contributed by atoms with van der Waals surface area (Å²) in [5.74, 6) is 1.43. The lowest BCUT2D eigenvalue weighted by Crippen LogP contribution is -2.40. The van der Waals surface area contributed by atoms with E-state index in [-0.39, 0.29) is 12.5 Å². The number of anilines is 1. The van der Waals surface area contributed by atoms with Crippen molar-refractivity contribution in [2.75, 3.05) is 31.6 Å². The molecule has 2 amide bonds. The molecule has 1 N–H and O–H groups in total. The Morgan fingerprint density at radius 1 is 1.14 bits per heavy atom. The molecule has 3 rings (SSSR count). The minimum absolute atomic E-state index is 0.115. The third-order valence-corrected chi connectivity index (χ3v) is 6.12. The summed E-state index contributed by atoms with van der Waals surface area (Å²) in [5, 5.41) is 2.51. The summed E-state index contributed by atoms with van der Waals surface area (Å²) in [7, 11) is 1.72. The Kier molecular flexibility index (Phi) is 9.07. The number of alkyl carbamates (subject to hydrolysis) is 1. The van der Waals surface area contributed by atoms with Gasteiger partial charge in [0.05, 0.1) is 0 Å². The van der Waals surface area contributed by atoms with E-state index in [1.807, 2.05) is 36.7 Å². The standard InChI is InChI=1S/C27H39N5O3/c1-6-8-20-11-13-32(14-12-20)25-28-16-23(17-29-25)22-10-7-9-21(15-22)19-31(5)24(33)18-30-26(34)35-27(2,3)4/h7,9-10,15-17,20H,6,8,11-14,18-19H2,1-5H3,(H,30,34). The first-order valence-corrected chi connectivity index (χ1v) is 12.5. The molecule has 2 heterocycles. The first-order valence-electron chi connectivity index (χ1n) is 12.5. The summed E-state index contributed by atoms with van der Waals surface area (Å²) < 4.78 is 5.18. The van der Waals surface area contributed by atoms with Gasteiger partial charge in [-0.3, -0.25) is 4.79 Å². The number of amides is 2. The summed E-state index contributed by atoms with van der Waals surface area (Å²) in [5.41, 5.74) is 2.32. The van der Waals surface area contributed by atoms with E-state index in [0.717, 1.165) is 41.6 Å². The smallest absolute Gasteiger partial charge is 0.408 e. The van der Waals surface area contributed by atoms with Crippen LogP contribution in [-0.4, -0.2) is 59.2 Å². The molecule has 0 bridgehead atoms. The van der Waals surface area contributed by atoms with E-state index in [4.69, 9.17) is 4.74 Å². The minimum Gasteiger partial charge on any atom is -0.444 e. The van der Waals surface area contributed by atoms with Crippen LogP contribution in [0.2, 0.25) is 0 Å². The maximum atomic E-state index is 12.4. The Hall–Kier alpha value is -3.16. The number of carbonyl (C=O) groups excluding carboxylic acids is 2. The van der Waals surface area contributed by atoms with Crippen LogP contribution in [0, 0.1) is 5.92 Å². The molecule has 1 aromatic carbocycles. The highest BCUT2D eigenvalue weighted by atomic mass is 16.6. The number of piperidine rings is 1. The monoisotopic (exact) mass is 481 g/mol. The Labute approximate surface area is 209 Å². The second-order valence-corrected chi connectivity index (χ2v) is 10.3. The van der Waals surface area contributed by atoms with Crippen LogP contribution in [0.4, 0.5) is 10.7 Å². The van der Waals surface area contributed by atoms with Gasteiger partial charge in [-0.2, -0.15) is 0 Å². The SMILES string of the molecule is CCCC1CCN(c2ncc(-c3cccc(CN(C)C(=O)CNC(=O)OC(C)(C)C)c3)cn2)CC1. The molecule has 0 saturated carbocycles. The van der Waals surface area contributed by atoms with Gasteiger partial charge in [-0.1, -0.05) is 38.0 Å². The van der Waals surface area contributed by atoms with Crippen molar-refractivity contribution in [2.24, 2.45) is 5.92 Å². The van der Waals surface area contributed by atoms with Crippen molar-refractivity contribution in [3.05, 3.63) is 42.2 Å². The van der Waals surface area contributed by atoms with Crippen molar-refractivity contribution in [3.8, 4) is 11.1 Å². The van der Waals surface area contributed by atoms with Gasteiger partial charge in [-0.15, -0.1) is 0 Å². The number of nitrogens with zero attached hydrogens (tertiary/aromatic N) is 4. The molecule has 1 aromatic heterocycles. The normalized spacial score (nSPS) is 14.5. The fraction of sp³-hybridized carbons (Fsp3) is 0.556. The van der Waals surface area contributed by atoms with Gasteiger partial charge in [0, 0.05) is 44.6 Å². The van der Waals surface area contributed by atoms with E-state index in [0.29, 0.717) is 6.54 Å². The van der Waals surface area contributed by atoms with Crippen molar-refractivity contribution in [1.29, 1.82) is 0 Å². The number of benzene rings is 1. The van der Waals surface area contributed by atoms with Gasteiger partial charge in [-0.05, 0) is 56.7 Å². The average Bonchev–Trinajstić information content (AvgIpc) is 2.82. The molecule has 0 atom stereocenters. The van der Waals surface area contributed by atoms with Gasteiger partial charge in [0.25, 0.3) is 0 Å². The second kappa shape index (κ2) is 12.0.